The minimum absolute atomic E-state index is 0.0243. The van der Waals surface area contributed by atoms with E-state index >= 15 is 0 Å². The normalized spacial score (nSPS) is 11.8. The molecule has 0 saturated heterocycles. The van der Waals surface area contributed by atoms with E-state index in [0.717, 1.165) is 9.09 Å². The number of fused-ring (bicyclic) bond motifs is 1. The number of halogens is 1. The van der Waals surface area contributed by atoms with Crippen LogP contribution in [0, 0.1) is 3.57 Å². The fourth-order valence-corrected chi connectivity index (χ4v) is 2.59. The summed E-state index contributed by atoms with van der Waals surface area (Å²) in [5, 5.41) is 10.2. The van der Waals surface area contributed by atoms with Gasteiger partial charge >= 0.3 is 0 Å². The largest absolute Gasteiger partial charge is 0.507 e. The molecule has 1 aromatic heterocycles. The Morgan fingerprint density at radius 1 is 1.18 bits per heavy atom. The number of benzene rings is 2. The molecule has 0 radical (unpaired) electrons. The fraction of sp³-hybridized carbons (Fsp3) is 0.0588. The predicted octanol–water partition coefficient (Wildman–Crippen LogP) is 3.59. The lowest BCUT2D eigenvalue weighted by molar-refractivity contribution is 0.515. The van der Waals surface area contributed by atoms with Crippen LogP contribution in [0.25, 0.3) is 22.9 Å². The van der Waals surface area contributed by atoms with Gasteiger partial charge in [-0.1, -0.05) is 24.3 Å². The minimum Gasteiger partial charge on any atom is -0.507 e. The summed E-state index contributed by atoms with van der Waals surface area (Å²) in [6.45, 7) is 0. The number of aliphatic hydroxyl groups is 1. The lowest BCUT2D eigenvalue weighted by atomic mass is 10.1. The van der Waals surface area contributed by atoms with Gasteiger partial charge in [-0.2, -0.15) is 0 Å². The predicted molar refractivity (Wildman–Crippen MR) is 96.6 cm³/mol. The number of aromatic nitrogens is 2. The molecule has 0 atom stereocenters. The van der Waals surface area contributed by atoms with Gasteiger partial charge in [0.25, 0.3) is 5.56 Å². The van der Waals surface area contributed by atoms with E-state index in [2.05, 4.69) is 27.6 Å². The molecule has 4 nitrogen and oxygen atoms in total. The summed E-state index contributed by atoms with van der Waals surface area (Å²) in [7, 11) is 1.70. The quantitative estimate of drug-likeness (QED) is 0.525. The van der Waals surface area contributed by atoms with Crippen molar-refractivity contribution in [2.24, 2.45) is 7.05 Å². The third-order valence-corrected chi connectivity index (χ3v) is 4.14. The van der Waals surface area contributed by atoms with E-state index in [4.69, 9.17) is 0 Å². The fourth-order valence-electron chi connectivity index (χ4n) is 2.23. The van der Waals surface area contributed by atoms with E-state index in [0.29, 0.717) is 11.1 Å². The number of aliphatic hydroxyl groups excluding tert-OH is 1. The van der Waals surface area contributed by atoms with Crippen molar-refractivity contribution in [2.45, 2.75) is 0 Å². The van der Waals surface area contributed by atoms with Crippen LogP contribution < -0.4 is 5.56 Å². The van der Waals surface area contributed by atoms with Crippen molar-refractivity contribution < 1.29 is 5.11 Å². The Balaban J connectivity index is 2.14. The molecule has 0 amide bonds. The van der Waals surface area contributed by atoms with Gasteiger partial charge in [-0.3, -0.25) is 4.79 Å². The lowest BCUT2D eigenvalue weighted by Gasteiger charge is -2.06. The standard InChI is InChI=1S/C17H13IN2O2/c1-20-15-5-3-2-4-13(15)19-14(17(20)22)10-16(21)11-6-8-12(18)9-7-11/h2-10,21H,1H3/b16-10-. The van der Waals surface area contributed by atoms with Crippen LogP contribution in [0.15, 0.2) is 53.3 Å². The molecular weight excluding hydrogens is 391 g/mol. The molecule has 0 unspecified atom stereocenters. The summed E-state index contributed by atoms with van der Waals surface area (Å²) in [6.07, 6.45) is 1.41. The van der Waals surface area contributed by atoms with Gasteiger partial charge in [0.15, 0.2) is 0 Å². The summed E-state index contributed by atoms with van der Waals surface area (Å²) in [4.78, 5) is 16.7. The van der Waals surface area contributed by atoms with E-state index < -0.39 is 0 Å². The average Bonchev–Trinajstić information content (AvgIpc) is 2.53. The number of hydrogen-bond acceptors (Lipinski definition) is 3. The molecule has 1 N–H and O–H groups in total. The summed E-state index contributed by atoms with van der Waals surface area (Å²) < 4.78 is 2.61. The first kappa shape index (κ1) is 14.8. The molecule has 2 aromatic carbocycles. The second-order valence-electron chi connectivity index (χ2n) is 4.89. The van der Waals surface area contributed by atoms with E-state index in [9.17, 15) is 9.90 Å². The van der Waals surface area contributed by atoms with Crippen LogP contribution in [0.5, 0.6) is 0 Å². The third-order valence-electron chi connectivity index (χ3n) is 3.42. The Bertz CT molecular complexity index is 928. The molecule has 5 heteroatoms. The highest BCUT2D eigenvalue weighted by Crippen LogP contribution is 2.16. The van der Waals surface area contributed by atoms with Gasteiger partial charge in [-0.05, 0) is 46.9 Å². The molecule has 0 aliphatic carbocycles. The first-order valence-electron chi connectivity index (χ1n) is 6.68. The van der Waals surface area contributed by atoms with Crippen LogP contribution >= 0.6 is 22.6 Å². The van der Waals surface area contributed by atoms with Crippen molar-refractivity contribution in [3.63, 3.8) is 0 Å². The van der Waals surface area contributed by atoms with Crippen molar-refractivity contribution in [1.29, 1.82) is 0 Å². The molecule has 110 valence electrons. The van der Waals surface area contributed by atoms with Crippen LogP contribution in [0.2, 0.25) is 0 Å². The first-order valence-corrected chi connectivity index (χ1v) is 7.76. The Kier molecular flexibility index (Phi) is 3.98. The summed E-state index contributed by atoms with van der Waals surface area (Å²) in [5.74, 6) is 0.0243. The highest BCUT2D eigenvalue weighted by atomic mass is 127. The Morgan fingerprint density at radius 2 is 1.86 bits per heavy atom. The van der Waals surface area contributed by atoms with Crippen LogP contribution in [0.1, 0.15) is 11.3 Å². The van der Waals surface area contributed by atoms with Crippen LogP contribution in [0.3, 0.4) is 0 Å². The van der Waals surface area contributed by atoms with Crippen molar-refractivity contribution in [1.82, 2.24) is 9.55 Å². The van der Waals surface area contributed by atoms with Crippen molar-refractivity contribution in [3.8, 4) is 0 Å². The second-order valence-corrected chi connectivity index (χ2v) is 6.13. The first-order chi connectivity index (χ1) is 10.6. The van der Waals surface area contributed by atoms with Gasteiger partial charge in [0.05, 0.1) is 11.0 Å². The average molecular weight is 404 g/mol. The van der Waals surface area contributed by atoms with Crippen LogP contribution in [-0.4, -0.2) is 14.7 Å². The van der Waals surface area contributed by atoms with Crippen LogP contribution in [0.4, 0.5) is 0 Å². The molecule has 0 aliphatic rings. The zero-order chi connectivity index (χ0) is 15.7. The molecule has 3 rings (SSSR count). The Morgan fingerprint density at radius 3 is 2.59 bits per heavy atom. The van der Waals surface area contributed by atoms with Gasteiger partial charge in [0.1, 0.15) is 11.5 Å². The van der Waals surface area contributed by atoms with Crippen LogP contribution in [-0.2, 0) is 7.05 Å². The van der Waals surface area contributed by atoms with Crippen molar-refractivity contribution >= 4 is 45.5 Å². The van der Waals surface area contributed by atoms with E-state index in [1.54, 1.807) is 19.2 Å². The van der Waals surface area contributed by atoms with Crippen molar-refractivity contribution in [3.05, 3.63) is 73.7 Å². The third kappa shape index (κ3) is 2.76. The van der Waals surface area contributed by atoms with Gasteiger partial charge in [-0.25, -0.2) is 4.98 Å². The van der Waals surface area contributed by atoms with Crippen molar-refractivity contribution in [2.75, 3.05) is 0 Å². The molecule has 3 aromatic rings. The number of para-hydroxylation sites is 2. The maximum absolute atomic E-state index is 12.3. The second kappa shape index (κ2) is 5.92. The van der Waals surface area contributed by atoms with Gasteiger partial charge < -0.3 is 9.67 Å². The lowest BCUT2D eigenvalue weighted by Crippen LogP contribution is -2.21. The highest BCUT2D eigenvalue weighted by molar-refractivity contribution is 14.1. The topological polar surface area (TPSA) is 55.1 Å². The number of aryl methyl sites for hydroxylation is 1. The monoisotopic (exact) mass is 404 g/mol. The van der Waals surface area contributed by atoms with Gasteiger partial charge in [0, 0.05) is 22.3 Å². The molecule has 1 heterocycles. The molecule has 0 spiro atoms. The van der Waals surface area contributed by atoms with E-state index in [1.165, 1.54) is 10.6 Å². The van der Waals surface area contributed by atoms with E-state index in [-0.39, 0.29) is 17.0 Å². The summed E-state index contributed by atoms with van der Waals surface area (Å²) in [5.41, 5.74) is 2.11. The zero-order valence-corrected chi connectivity index (χ0v) is 14.0. The zero-order valence-electron chi connectivity index (χ0n) is 11.8. The number of rotatable bonds is 2. The SMILES string of the molecule is Cn1c(=O)c(/C=C(\O)c2ccc(I)cc2)nc2ccccc21. The van der Waals surface area contributed by atoms with E-state index in [1.807, 2.05) is 36.4 Å². The molecule has 0 saturated carbocycles. The van der Waals surface area contributed by atoms with Gasteiger partial charge in [0.2, 0.25) is 0 Å². The summed E-state index contributed by atoms with van der Waals surface area (Å²) in [6, 6.07) is 14.8. The Hall–Kier alpha value is -2.15. The molecule has 0 bridgehead atoms. The number of nitrogens with zero attached hydrogens (tertiary/aromatic N) is 2. The maximum atomic E-state index is 12.3. The maximum Gasteiger partial charge on any atom is 0.276 e. The molecule has 0 fully saturated rings. The number of hydrogen-bond donors (Lipinski definition) is 1. The minimum atomic E-state index is -0.240. The highest BCUT2D eigenvalue weighted by Gasteiger charge is 2.08. The molecule has 0 aliphatic heterocycles. The smallest absolute Gasteiger partial charge is 0.276 e. The molecular formula is C17H13IN2O2. The Labute approximate surface area is 140 Å². The van der Waals surface area contributed by atoms with Gasteiger partial charge in [-0.15, -0.1) is 0 Å². The summed E-state index contributed by atoms with van der Waals surface area (Å²) >= 11 is 2.20. The molecule has 22 heavy (non-hydrogen) atoms.